The first-order valence-electron chi connectivity index (χ1n) is 7.90. The second-order valence-corrected chi connectivity index (χ2v) is 7.29. The molecule has 0 saturated heterocycles. The standard InChI is InChI=1S/C16H33NO3/c1-13(2)17-16(12-18)8-6-7-14(11-16)19-9-10-20-15(3,4)5/h13-14,17-18H,6-12H2,1-5H3. The minimum Gasteiger partial charge on any atom is -0.394 e. The molecule has 2 unspecified atom stereocenters. The summed E-state index contributed by atoms with van der Waals surface area (Å²) in [4.78, 5) is 0. The lowest BCUT2D eigenvalue weighted by molar-refractivity contribution is -0.0699. The average Bonchev–Trinajstić information content (AvgIpc) is 2.33. The van der Waals surface area contributed by atoms with E-state index in [0.29, 0.717) is 19.3 Å². The lowest BCUT2D eigenvalue weighted by Gasteiger charge is -2.41. The quantitative estimate of drug-likeness (QED) is 0.706. The highest BCUT2D eigenvalue weighted by molar-refractivity contribution is 4.94. The van der Waals surface area contributed by atoms with Gasteiger partial charge in [-0.05, 0) is 46.5 Å². The van der Waals surface area contributed by atoms with E-state index in [4.69, 9.17) is 9.47 Å². The van der Waals surface area contributed by atoms with Crippen LogP contribution in [0.2, 0.25) is 0 Å². The number of aliphatic hydroxyl groups is 1. The molecule has 20 heavy (non-hydrogen) atoms. The Labute approximate surface area is 124 Å². The number of rotatable bonds is 7. The van der Waals surface area contributed by atoms with Gasteiger partial charge in [-0.15, -0.1) is 0 Å². The molecule has 2 atom stereocenters. The molecular formula is C16H33NO3. The highest BCUT2D eigenvalue weighted by Gasteiger charge is 2.36. The van der Waals surface area contributed by atoms with E-state index in [2.05, 4.69) is 39.9 Å². The maximum absolute atomic E-state index is 9.74. The molecule has 0 aromatic carbocycles. The van der Waals surface area contributed by atoms with Crippen LogP contribution in [0.3, 0.4) is 0 Å². The summed E-state index contributed by atoms with van der Waals surface area (Å²) in [5.41, 5.74) is -0.272. The summed E-state index contributed by atoms with van der Waals surface area (Å²) in [6.07, 6.45) is 4.32. The molecule has 0 amide bonds. The molecule has 4 nitrogen and oxygen atoms in total. The third kappa shape index (κ3) is 6.53. The summed E-state index contributed by atoms with van der Waals surface area (Å²) >= 11 is 0. The Morgan fingerprint density at radius 3 is 2.55 bits per heavy atom. The molecule has 1 fully saturated rings. The van der Waals surface area contributed by atoms with Crippen molar-refractivity contribution in [1.82, 2.24) is 5.32 Å². The van der Waals surface area contributed by atoms with Gasteiger partial charge in [0.2, 0.25) is 0 Å². The first-order valence-corrected chi connectivity index (χ1v) is 7.90. The molecule has 120 valence electrons. The summed E-state index contributed by atoms with van der Waals surface area (Å²) in [6, 6.07) is 0.380. The highest BCUT2D eigenvalue weighted by Crippen LogP contribution is 2.30. The second-order valence-electron chi connectivity index (χ2n) is 7.29. The van der Waals surface area contributed by atoms with Gasteiger partial charge >= 0.3 is 0 Å². The van der Waals surface area contributed by atoms with Gasteiger partial charge in [0.25, 0.3) is 0 Å². The van der Waals surface area contributed by atoms with Gasteiger partial charge in [-0.1, -0.05) is 13.8 Å². The number of ether oxygens (including phenoxy) is 2. The zero-order valence-corrected chi connectivity index (χ0v) is 13.9. The van der Waals surface area contributed by atoms with E-state index in [1.165, 1.54) is 0 Å². The first kappa shape index (κ1) is 17.9. The van der Waals surface area contributed by atoms with Crippen molar-refractivity contribution in [2.75, 3.05) is 19.8 Å². The first-order chi connectivity index (χ1) is 9.26. The molecule has 1 rings (SSSR count). The van der Waals surface area contributed by atoms with Crippen LogP contribution in [0.15, 0.2) is 0 Å². The van der Waals surface area contributed by atoms with Gasteiger partial charge in [-0.3, -0.25) is 0 Å². The fourth-order valence-corrected chi connectivity index (χ4v) is 2.95. The Hall–Kier alpha value is -0.160. The summed E-state index contributed by atoms with van der Waals surface area (Å²) in [7, 11) is 0. The van der Waals surface area contributed by atoms with E-state index in [-0.39, 0.29) is 23.9 Å². The Bertz CT molecular complexity index is 275. The minimum atomic E-state index is -0.165. The van der Waals surface area contributed by atoms with Crippen molar-refractivity contribution >= 4 is 0 Å². The smallest absolute Gasteiger partial charge is 0.0707 e. The van der Waals surface area contributed by atoms with Crippen LogP contribution in [-0.2, 0) is 9.47 Å². The van der Waals surface area contributed by atoms with Gasteiger partial charge in [-0.25, -0.2) is 0 Å². The Kier molecular flexibility index (Phi) is 6.92. The van der Waals surface area contributed by atoms with Crippen molar-refractivity contribution in [3.8, 4) is 0 Å². The molecule has 0 bridgehead atoms. The van der Waals surface area contributed by atoms with Crippen LogP contribution < -0.4 is 5.32 Å². The molecule has 0 aromatic rings. The van der Waals surface area contributed by atoms with Crippen molar-refractivity contribution in [3.63, 3.8) is 0 Å². The third-order valence-corrected chi connectivity index (χ3v) is 3.67. The summed E-state index contributed by atoms with van der Waals surface area (Å²) in [6.45, 7) is 11.8. The normalized spacial score (nSPS) is 28.1. The van der Waals surface area contributed by atoms with Crippen molar-refractivity contribution in [2.45, 2.75) is 83.6 Å². The number of aliphatic hydroxyl groups excluding tert-OH is 1. The van der Waals surface area contributed by atoms with Gasteiger partial charge in [0, 0.05) is 11.6 Å². The predicted octanol–water partition coefficient (Wildman–Crippen LogP) is 2.49. The van der Waals surface area contributed by atoms with Crippen LogP contribution in [0, 0.1) is 0 Å². The molecular weight excluding hydrogens is 254 g/mol. The van der Waals surface area contributed by atoms with E-state index in [1.54, 1.807) is 0 Å². The minimum absolute atomic E-state index is 0.107. The topological polar surface area (TPSA) is 50.7 Å². The third-order valence-electron chi connectivity index (χ3n) is 3.67. The van der Waals surface area contributed by atoms with Crippen LogP contribution in [0.1, 0.15) is 60.3 Å². The van der Waals surface area contributed by atoms with E-state index < -0.39 is 0 Å². The molecule has 0 spiro atoms. The molecule has 0 aromatic heterocycles. The lowest BCUT2D eigenvalue weighted by Crippen LogP contribution is -2.55. The largest absolute Gasteiger partial charge is 0.394 e. The zero-order chi connectivity index (χ0) is 15.2. The molecule has 0 radical (unpaired) electrons. The molecule has 4 heteroatoms. The van der Waals surface area contributed by atoms with E-state index in [1.807, 2.05) is 0 Å². The molecule has 0 heterocycles. The number of nitrogens with one attached hydrogen (secondary N) is 1. The molecule has 0 aliphatic heterocycles. The fourth-order valence-electron chi connectivity index (χ4n) is 2.95. The maximum atomic E-state index is 9.74. The molecule has 2 N–H and O–H groups in total. The number of hydrogen-bond acceptors (Lipinski definition) is 4. The highest BCUT2D eigenvalue weighted by atomic mass is 16.5. The van der Waals surface area contributed by atoms with Crippen LogP contribution in [0.4, 0.5) is 0 Å². The summed E-state index contributed by atoms with van der Waals surface area (Å²) in [5, 5.41) is 13.3. The predicted molar refractivity (Wildman–Crippen MR) is 82.0 cm³/mol. The summed E-state index contributed by atoms with van der Waals surface area (Å²) < 4.78 is 11.6. The lowest BCUT2D eigenvalue weighted by atomic mass is 9.80. The molecule has 1 saturated carbocycles. The van der Waals surface area contributed by atoms with Gasteiger partial charge in [0.05, 0.1) is 31.5 Å². The Balaban J connectivity index is 2.36. The van der Waals surface area contributed by atoms with Gasteiger partial charge in [-0.2, -0.15) is 0 Å². The van der Waals surface area contributed by atoms with Crippen LogP contribution in [0.25, 0.3) is 0 Å². The van der Waals surface area contributed by atoms with Crippen LogP contribution in [-0.4, -0.2) is 48.2 Å². The van der Waals surface area contributed by atoms with Crippen LogP contribution >= 0.6 is 0 Å². The monoisotopic (exact) mass is 287 g/mol. The van der Waals surface area contributed by atoms with Gasteiger partial charge < -0.3 is 19.9 Å². The van der Waals surface area contributed by atoms with E-state index in [0.717, 1.165) is 25.7 Å². The van der Waals surface area contributed by atoms with Crippen molar-refractivity contribution in [2.24, 2.45) is 0 Å². The Morgan fingerprint density at radius 1 is 1.30 bits per heavy atom. The molecule has 1 aliphatic carbocycles. The van der Waals surface area contributed by atoms with Crippen LogP contribution in [0.5, 0.6) is 0 Å². The number of hydrogen-bond donors (Lipinski definition) is 2. The van der Waals surface area contributed by atoms with Crippen molar-refractivity contribution < 1.29 is 14.6 Å². The van der Waals surface area contributed by atoms with Gasteiger partial charge in [0.1, 0.15) is 0 Å². The Morgan fingerprint density at radius 2 is 2.00 bits per heavy atom. The SMILES string of the molecule is CC(C)NC1(CO)CCCC(OCCOC(C)(C)C)C1. The fraction of sp³-hybridized carbons (Fsp3) is 1.00. The maximum Gasteiger partial charge on any atom is 0.0707 e. The van der Waals surface area contributed by atoms with E-state index in [9.17, 15) is 5.11 Å². The average molecular weight is 287 g/mol. The second kappa shape index (κ2) is 7.74. The summed E-state index contributed by atoms with van der Waals surface area (Å²) in [5.74, 6) is 0. The van der Waals surface area contributed by atoms with Gasteiger partial charge in [0.15, 0.2) is 0 Å². The van der Waals surface area contributed by atoms with Crippen molar-refractivity contribution in [3.05, 3.63) is 0 Å². The van der Waals surface area contributed by atoms with Crippen molar-refractivity contribution in [1.29, 1.82) is 0 Å². The van der Waals surface area contributed by atoms with E-state index >= 15 is 0 Å². The zero-order valence-electron chi connectivity index (χ0n) is 13.9. The molecule has 1 aliphatic rings.